The Balaban J connectivity index is 2.42. The molecule has 16 heavy (non-hydrogen) atoms. The minimum atomic E-state index is -0.0240. The molecule has 0 unspecified atom stereocenters. The molecule has 2 heterocycles. The van der Waals surface area contributed by atoms with Crippen LogP contribution in [0, 0.1) is 6.92 Å². The Hall–Kier alpha value is -0.780. The van der Waals surface area contributed by atoms with E-state index in [-0.39, 0.29) is 6.04 Å². The largest absolute Gasteiger partial charge is 0.324 e. The van der Waals surface area contributed by atoms with Gasteiger partial charge in [0.1, 0.15) is 0 Å². The lowest BCUT2D eigenvalue weighted by Gasteiger charge is -2.08. The van der Waals surface area contributed by atoms with Gasteiger partial charge in [0.2, 0.25) is 0 Å². The molecular formula is C11H12BrN3S. The molecule has 2 aromatic rings. The van der Waals surface area contributed by atoms with E-state index in [0.29, 0.717) is 0 Å². The smallest absolute Gasteiger partial charge is 0.169 e. The van der Waals surface area contributed by atoms with Gasteiger partial charge < -0.3 is 5.73 Å². The third-order valence-electron chi connectivity index (χ3n) is 2.30. The normalized spacial score (nSPS) is 12.8. The van der Waals surface area contributed by atoms with Gasteiger partial charge in [-0.05, 0) is 41.9 Å². The van der Waals surface area contributed by atoms with Crippen LogP contribution in [0.1, 0.15) is 24.2 Å². The molecule has 0 bridgehead atoms. The minimum absolute atomic E-state index is 0.0240. The van der Waals surface area contributed by atoms with Crippen molar-refractivity contribution in [2.24, 2.45) is 5.73 Å². The lowest BCUT2D eigenvalue weighted by Crippen LogP contribution is -2.09. The van der Waals surface area contributed by atoms with Crippen molar-refractivity contribution in [3.05, 3.63) is 33.4 Å². The highest BCUT2D eigenvalue weighted by molar-refractivity contribution is 9.11. The van der Waals surface area contributed by atoms with Crippen molar-refractivity contribution in [2.45, 2.75) is 19.9 Å². The van der Waals surface area contributed by atoms with Gasteiger partial charge in [0, 0.05) is 23.5 Å². The molecule has 3 nitrogen and oxygen atoms in total. The second kappa shape index (κ2) is 4.61. The van der Waals surface area contributed by atoms with Gasteiger partial charge in [-0.1, -0.05) is 0 Å². The molecule has 2 rings (SSSR count). The Kier molecular flexibility index (Phi) is 3.37. The van der Waals surface area contributed by atoms with Crippen LogP contribution < -0.4 is 5.73 Å². The Morgan fingerprint density at radius 2 is 2.19 bits per heavy atom. The second-order valence-electron chi connectivity index (χ2n) is 3.63. The minimum Gasteiger partial charge on any atom is -0.324 e. The van der Waals surface area contributed by atoms with Gasteiger partial charge in [0.05, 0.1) is 8.66 Å². The van der Waals surface area contributed by atoms with E-state index in [4.69, 9.17) is 5.73 Å². The van der Waals surface area contributed by atoms with E-state index in [9.17, 15) is 0 Å². The summed E-state index contributed by atoms with van der Waals surface area (Å²) >= 11 is 5.05. The molecule has 0 aromatic carbocycles. The zero-order valence-corrected chi connectivity index (χ0v) is 11.5. The lowest BCUT2D eigenvalue weighted by molar-refractivity contribution is 0.790. The number of aryl methyl sites for hydroxylation is 1. The Labute approximate surface area is 107 Å². The molecule has 0 fully saturated rings. The van der Waals surface area contributed by atoms with E-state index >= 15 is 0 Å². The fourth-order valence-electron chi connectivity index (χ4n) is 1.48. The topological polar surface area (TPSA) is 51.8 Å². The monoisotopic (exact) mass is 297 g/mol. The summed E-state index contributed by atoms with van der Waals surface area (Å²) in [6.07, 6.45) is 1.82. The third kappa shape index (κ3) is 2.31. The van der Waals surface area contributed by atoms with Crippen molar-refractivity contribution in [3.63, 3.8) is 0 Å². The van der Waals surface area contributed by atoms with E-state index in [1.54, 1.807) is 11.3 Å². The van der Waals surface area contributed by atoms with Crippen molar-refractivity contribution < 1.29 is 0 Å². The Morgan fingerprint density at radius 3 is 2.69 bits per heavy atom. The van der Waals surface area contributed by atoms with E-state index in [1.807, 2.05) is 32.2 Å². The summed E-state index contributed by atoms with van der Waals surface area (Å²) in [6, 6.07) is 3.98. The molecule has 0 radical (unpaired) electrons. The first-order valence-electron chi connectivity index (χ1n) is 4.92. The number of thiophene rings is 1. The maximum absolute atomic E-state index is 5.82. The van der Waals surface area contributed by atoms with Crippen molar-refractivity contribution in [3.8, 4) is 10.7 Å². The molecule has 0 aliphatic carbocycles. The first-order valence-corrected chi connectivity index (χ1v) is 6.53. The predicted octanol–water partition coefficient (Wildman–Crippen LogP) is 3.30. The SMILES string of the molecule is Cc1nc(-c2ccc(Br)s2)ncc1[C@H](C)N. The summed E-state index contributed by atoms with van der Waals surface area (Å²) in [6.45, 7) is 3.90. The zero-order valence-electron chi connectivity index (χ0n) is 9.07. The van der Waals surface area contributed by atoms with Gasteiger partial charge in [-0.3, -0.25) is 0 Å². The number of nitrogens with two attached hydrogens (primary N) is 1. The fraction of sp³-hybridized carbons (Fsp3) is 0.273. The standard InChI is InChI=1S/C11H12BrN3S/c1-6(13)8-5-14-11(15-7(8)2)9-3-4-10(12)16-9/h3-6H,13H2,1-2H3/t6-/m0/s1. The Bertz CT molecular complexity index is 508. The van der Waals surface area contributed by atoms with Gasteiger partial charge in [-0.15, -0.1) is 11.3 Å². The number of aromatic nitrogens is 2. The van der Waals surface area contributed by atoms with E-state index in [1.165, 1.54) is 0 Å². The van der Waals surface area contributed by atoms with Crippen LogP contribution in [0.4, 0.5) is 0 Å². The third-order valence-corrected chi connectivity index (χ3v) is 3.92. The first kappa shape index (κ1) is 11.7. The summed E-state index contributed by atoms with van der Waals surface area (Å²) < 4.78 is 1.08. The molecule has 0 saturated carbocycles. The molecule has 5 heteroatoms. The van der Waals surface area contributed by atoms with Crippen LogP contribution in [0.2, 0.25) is 0 Å². The zero-order chi connectivity index (χ0) is 11.7. The summed E-state index contributed by atoms with van der Waals surface area (Å²) in [5.74, 6) is 0.762. The molecule has 84 valence electrons. The highest BCUT2D eigenvalue weighted by Gasteiger charge is 2.09. The van der Waals surface area contributed by atoms with Crippen LogP contribution in [-0.4, -0.2) is 9.97 Å². The van der Waals surface area contributed by atoms with Crippen LogP contribution in [0.15, 0.2) is 22.1 Å². The highest BCUT2D eigenvalue weighted by atomic mass is 79.9. The summed E-state index contributed by atoms with van der Waals surface area (Å²) in [5, 5.41) is 0. The molecule has 2 aromatic heterocycles. The Morgan fingerprint density at radius 1 is 1.44 bits per heavy atom. The van der Waals surface area contributed by atoms with Crippen molar-refractivity contribution in [1.82, 2.24) is 9.97 Å². The van der Waals surface area contributed by atoms with Crippen molar-refractivity contribution in [2.75, 3.05) is 0 Å². The van der Waals surface area contributed by atoms with Crippen LogP contribution >= 0.6 is 27.3 Å². The molecule has 2 N–H and O–H groups in total. The van der Waals surface area contributed by atoms with Crippen molar-refractivity contribution in [1.29, 1.82) is 0 Å². The fourth-order valence-corrected chi connectivity index (χ4v) is 2.80. The van der Waals surface area contributed by atoms with E-state index in [0.717, 1.165) is 25.7 Å². The number of nitrogens with zero attached hydrogens (tertiary/aromatic N) is 2. The van der Waals surface area contributed by atoms with Gasteiger partial charge in [-0.25, -0.2) is 9.97 Å². The molecular weight excluding hydrogens is 286 g/mol. The molecule has 0 spiro atoms. The maximum atomic E-state index is 5.82. The average Bonchev–Trinajstić information content (AvgIpc) is 2.64. The molecule has 0 saturated heterocycles. The first-order chi connectivity index (χ1) is 7.58. The van der Waals surface area contributed by atoms with Crippen LogP contribution in [0.5, 0.6) is 0 Å². The molecule has 0 aliphatic heterocycles. The molecule has 0 amide bonds. The number of rotatable bonds is 2. The van der Waals surface area contributed by atoms with Crippen LogP contribution in [0.25, 0.3) is 10.7 Å². The van der Waals surface area contributed by atoms with Crippen molar-refractivity contribution >= 4 is 27.3 Å². The van der Waals surface area contributed by atoms with Crippen LogP contribution in [-0.2, 0) is 0 Å². The highest BCUT2D eigenvalue weighted by Crippen LogP contribution is 2.29. The number of hydrogen-bond acceptors (Lipinski definition) is 4. The maximum Gasteiger partial charge on any atom is 0.169 e. The average molecular weight is 298 g/mol. The summed E-state index contributed by atoms with van der Waals surface area (Å²) in [4.78, 5) is 9.88. The molecule has 0 aliphatic rings. The van der Waals surface area contributed by atoms with Gasteiger partial charge in [0.15, 0.2) is 5.82 Å². The quantitative estimate of drug-likeness (QED) is 0.925. The predicted molar refractivity (Wildman–Crippen MR) is 70.4 cm³/mol. The lowest BCUT2D eigenvalue weighted by atomic mass is 10.1. The van der Waals surface area contributed by atoms with E-state index in [2.05, 4.69) is 25.9 Å². The van der Waals surface area contributed by atoms with Gasteiger partial charge in [-0.2, -0.15) is 0 Å². The summed E-state index contributed by atoms with van der Waals surface area (Å²) in [5.41, 5.74) is 7.77. The molecule has 1 atom stereocenters. The van der Waals surface area contributed by atoms with E-state index < -0.39 is 0 Å². The van der Waals surface area contributed by atoms with Gasteiger partial charge >= 0.3 is 0 Å². The van der Waals surface area contributed by atoms with Gasteiger partial charge in [0.25, 0.3) is 0 Å². The van der Waals surface area contributed by atoms with Crippen LogP contribution in [0.3, 0.4) is 0 Å². The second-order valence-corrected chi connectivity index (χ2v) is 6.09. The number of hydrogen-bond donors (Lipinski definition) is 1. The number of halogens is 1. The summed E-state index contributed by atoms with van der Waals surface area (Å²) in [7, 11) is 0.